The molecule has 0 unspecified atom stereocenters. The van der Waals surface area contributed by atoms with Crippen molar-refractivity contribution in [2.24, 2.45) is 0 Å². The fourth-order valence-corrected chi connectivity index (χ4v) is 4.61. The van der Waals surface area contributed by atoms with Crippen molar-refractivity contribution in [2.45, 2.75) is 26.2 Å². The largest absolute Gasteiger partial charge is 0.342 e. The van der Waals surface area contributed by atoms with Gasteiger partial charge in [-0.1, -0.05) is 11.6 Å². The number of aromatic nitrogens is 2. The Morgan fingerprint density at radius 1 is 1.00 bits per heavy atom. The molecule has 0 saturated carbocycles. The smallest absolute Gasteiger partial charge is 0.246 e. The molecule has 176 valence electrons. The van der Waals surface area contributed by atoms with Crippen LogP contribution in [0.3, 0.4) is 0 Å². The standard InChI is InChI=1S/C24H29ClFN5O2/c1-18-21(24(25)31(27-18)20-7-5-19(26)6-8-20)9-10-22(32)30-15-13-28(14-16-30)17-23(33)29-11-3-2-4-12-29/h5-10H,2-4,11-17H2,1H3/b10-9+. The molecule has 33 heavy (non-hydrogen) atoms. The molecule has 0 radical (unpaired) electrons. The van der Waals surface area contributed by atoms with E-state index < -0.39 is 0 Å². The number of carbonyl (C=O) groups is 2. The summed E-state index contributed by atoms with van der Waals surface area (Å²) in [7, 11) is 0. The number of nitrogens with zero attached hydrogens (tertiary/aromatic N) is 5. The second-order valence-electron chi connectivity index (χ2n) is 8.55. The van der Waals surface area contributed by atoms with Gasteiger partial charge in [0.1, 0.15) is 11.0 Å². The Bertz CT molecular complexity index is 1020. The molecule has 9 heteroatoms. The summed E-state index contributed by atoms with van der Waals surface area (Å²) in [5, 5.41) is 4.79. The zero-order valence-corrected chi connectivity index (χ0v) is 19.6. The lowest BCUT2D eigenvalue weighted by Crippen LogP contribution is -2.51. The van der Waals surface area contributed by atoms with Gasteiger partial charge in [-0.05, 0) is 56.5 Å². The summed E-state index contributed by atoms with van der Waals surface area (Å²) in [6.07, 6.45) is 6.58. The van der Waals surface area contributed by atoms with Gasteiger partial charge in [0, 0.05) is 50.9 Å². The second kappa shape index (κ2) is 10.5. The Hall–Kier alpha value is -2.71. The summed E-state index contributed by atoms with van der Waals surface area (Å²) in [5.41, 5.74) is 1.97. The maximum absolute atomic E-state index is 13.2. The molecule has 0 bridgehead atoms. The van der Waals surface area contributed by atoms with Crippen LogP contribution in [0.2, 0.25) is 5.15 Å². The number of hydrogen-bond acceptors (Lipinski definition) is 4. The molecule has 0 N–H and O–H groups in total. The summed E-state index contributed by atoms with van der Waals surface area (Å²) in [5.74, 6) is -0.236. The minimum Gasteiger partial charge on any atom is -0.342 e. The lowest BCUT2D eigenvalue weighted by atomic mass is 10.1. The van der Waals surface area contributed by atoms with Crippen LogP contribution in [0.5, 0.6) is 0 Å². The van der Waals surface area contributed by atoms with Crippen molar-refractivity contribution in [3.63, 3.8) is 0 Å². The number of carbonyl (C=O) groups excluding carboxylic acids is 2. The predicted molar refractivity (Wildman–Crippen MR) is 126 cm³/mol. The van der Waals surface area contributed by atoms with E-state index in [1.165, 1.54) is 29.3 Å². The third-order valence-corrected chi connectivity index (χ3v) is 6.63. The number of hydrogen-bond donors (Lipinski definition) is 0. The SMILES string of the molecule is Cc1nn(-c2ccc(F)cc2)c(Cl)c1/C=C/C(=O)N1CCN(CC(=O)N2CCCCC2)CC1. The number of halogens is 2. The van der Waals surface area contributed by atoms with Crippen molar-refractivity contribution in [3.8, 4) is 5.69 Å². The maximum Gasteiger partial charge on any atom is 0.246 e. The van der Waals surface area contributed by atoms with Gasteiger partial charge in [0.2, 0.25) is 11.8 Å². The molecule has 7 nitrogen and oxygen atoms in total. The number of rotatable bonds is 5. The lowest BCUT2D eigenvalue weighted by Gasteiger charge is -2.35. The van der Waals surface area contributed by atoms with Crippen LogP contribution in [0, 0.1) is 12.7 Å². The van der Waals surface area contributed by atoms with E-state index in [9.17, 15) is 14.0 Å². The molecular formula is C24H29ClFN5O2. The molecule has 1 aromatic carbocycles. The first kappa shape index (κ1) is 23.4. The molecule has 2 amide bonds. The van der Waals surface area contributed by atoms with Gasteiger partial charge in [-0.15, -0.1) is 0 Å². The summed E-state index contributed by atoms with van der Waals surface area (Å²) in [6.45, 7) is 6.49. The fraction of sp³-hybridized carbons (Fsp3) is 0.458. The second-order valence-corrected chi connectivity index (χ2v) is 8.91. The Kier molecular flexibility index (Phi) is 7.45. The summed E-state index contributed by atoms with van der Waals surface area (Å²) in [6, 6.07) is 5.90. The highest BCUT2D eigenvalue weighted by atomic mass is 35.5. The van der Waals surface area contributed by atoms with Gasteiger partial charge in [-0.25, -0.2) is 9.07 Å². The zero-order valence-electron chi connectivity index (χ0n) is 18.8. The van der Waals surface area contributed by atoms with E-state index in [1.807, 2.05) is 11.8 Å². The third-order valence-electron chi connectivity index (χ3n) is 6.26. The zero-order chi connectivity index (χ0) is 23.4. The van der Waals surface area contributed by atoms with E-state index in [0.717, 1.165) is 25.9 Å². The van der Waals surface area contributed by atoms with Gasteiger partial charge in [0.25, 0.3) is 0 Å². The van der Waals surface area contributed by atoms with Crippen LogP contribution < -0.4 is 0 Å². The van der Waals surface area contributed by atoms with Crippen LogP contribution in [0.1, 0.15) is 30.5 Å². The van der Waals surface area contributed by atoms with Crippen LogP contribution in [0.15, 0.2) is 30.3 Å². The minimum atomic E-state index is -0.333. The fourth-order valence-electron chi connectivity index (χ4n) is 4.27. The normalized spacial score (nSPS) is 17.7. The Balaban J connectivity index is 1.32. The van der Waals surface area contributed by atoms with E-state index in [1.54, 1.807) is 23.1 Å². The number of likely N-dealkylation sites (tertiary alicyclic amines) is 1. The molecule has 0 spiro atoms. The first-order chi connectivity index (χ1) is 15.9. The lowest BCUT2D eigenvalue weighted by molar-refractivity contribution is -0.134. The van der Waals surface area contributed by atoms with E-state index in [2.05, 4.69) is 10.00 Å². The Morgan fingerprint density at radius 2 is 1.67 bits per heavy atom. The van der Waals surface area contributed by atoms with Crippen molar-refractivity contribution >= 4 is 29.5 Å². The highest BCUT2D eigenvalue weighted by Crippen LogP contribution is 2.25. The van der Waals surface area contributed by atoms with E-state index >= 15 is 0 Å². The van der Waals surface area contributed by atoms with Gasteiger partial charge in [-0.2, -0.15) is 5.10 Å². The quantitative estimate of drug-likeness (QED) is 0.626. The predicted octanol–water partition coefficient (Wildman–Crippen LogP) is 3.14. The summed E-state index contributed by atoms with van der Waals surface area (Å²) in [4.78, 5) is 31.1. The van der Waals surface area contributed by atoms with Gasteiger partial charge in [0.15, 0.2) is 0 Å². The molecule has 2 aromatic rings. The topological polar surface area (TPSA) is 61.7 Å². The molecular weight excluding hydrogens is 445 g/mol. The van der Waals surface area contributed by atoms with Crippen LogP contribution >= 0.6 is 11.6 Å². The van der Waals surface area contributed by atoms with Crippen molar-refractivity contribution in [3.05, 3.63) is 52.6 Å². The first-order valence-corrected chi connectivity index (χ1v) is 11.8. The minimum absolute atomic E-state index is 0.0954. The number of piperidine rings is 1. The molecule has 3 heterocycles. The number of benzene rings is 1. The third kappa shape index (κ3) is 5.62. The van der Waals surface area contributed by atoms with Crippen molar-refractivity contribution in [2.75, 3.05) is 45.8 Å². The van der Waals surface area contributed by atoms with E-state index in [0.29, 0.717) is 54.8 Å². The van der Waals surface area contributed by atoms with Gasteiger partial charge < -0.3 is 9.80 Å². The van der Waals surface area contributed by atoms with Crippen molar-refractivity contribution in [1.82, 2.24) is 24.5 Å². The van der Waals surface area contributed by atoms with Crippen LogP contribution in [-0.2, 0) is 9.59 Å². The molecule has 2 aliphatic heterocycles. The number of piperazine rings is 1. The maximum atomic E-state index is 13.2. The highest BCUT2D eigenvalue weighted by Gasteiger charge is 2.24. The molecule has 2 fully saturated rings. The van der Waals surface area contributed by atoms with E-state index in [-0.39, 0.29) is 17.6 Å². The van der Waals surface area contributed by atoms with Crippen molar-refractivity contribution < 1.29 is 14.0 Å². The van der Waals surface area contributed by atoms with Crippen LogP contribution in [0.25, 0.3) is 11.8 Å². The molecule has 1 aromatic heterocycles. The van der Waals surface area contributed by atoms with Gasteiger partial charge >= 0.3 is 0 Å². The van der Waals surface area contributed by atoms with Crippen LogP contribution in [0.4, 0.5) is 4.39 Å². The molecule has 0 aliphatic carbocycles. The Labute approximate surface area is 198 Å². The molecule has 4 rings (SSSR count). The summed E-state index contributed by atoms with van der Waals surface area (Å²) < 4.78 is 14.7. The average molecular weight is 474 g/mol. The molecule has 2 saturated heterocycles. The number of aryl methyl sites for hydroxylation is 1. The van der Waals surface area contributed by atoms with Crippen molar-refractivity contribution in [1.29, 1.82) is 0 Å². The average Bonchev–Trinajstić information content (AvgIpc) is 3.12. The molecule has 2 aliphatic rings. The van der Waals surface area contributed by atoms with Gasteiger partial charge in [0.05, 0.1) is 17.9 Å². The van der Waals surface area contributed by atoms with E-state index in [4.69, 9.17) is 11.6 Å². The van der Waals surface area contributed by atoms with Gasteiger partial charge in [-0.3, -0.25) is 14.5 Å². The van der Waals surface area contributed by atoms with Crippen LogP contribution in [-0.4, -0.2) is 82.1 Å². The molecule has 0 atom stereocenters. The highest BCUT2D eigenvalue weighted by molar-refractivity contribution is 6.31. The first-order valence-electron chi connectivity index (χ1n) is 11.4. The summed E-state index contributed by atoms with van der Waals surface area (Å²) >= 11 is 6.49. The Morgan fingerprint density at radius 3 is 2.33 bits per heavy atom. The number of amides is 2. The monoisotopic (exact) mass is 473 g/mol.